The summed E-state index contributed by atoms with van der Waals surface area (Å²) in [7, 11) is 0. The molecule has 0 spiro atoms. The monoisotopic (exact) mass is 365 g/mol. The van der Waals surface area contributed by atoms with E-state index in [2.05, 4.69) is 33.8 Å². The Morgan fingerprint density at radius 1 is 1.00 bits per heavy atom. The van der Waals surface area contributed by atoms with Crippen LogP contribution in [0.5, 0.6) is 0 Å². The number of hydrogen-bond acceptors (Lipinski definition) is 0. The van der Waals surface area contributed by atoms with Gasteiger partial charge in [0.25, 0.3) is 0 Å². The number of allylic oxidation sites excluding steroid dienone is 4. The summed E-state index contributed by atoms with van der Waals surface area (Å²) in [6.45, 7) is 9.10. The molecule has 0 amide bonds. The molecule has 1 aliphatic rings. The first-order chi connectivity index (χ1) is 7.20. The van der Waals surface area contributed by atoms with Gasteiger partial charge in [0.1, 0.15) is 0 Å². The molecular formula is C15H25Cl2Zr. The van der Waals surface area contributed by atoms with Crippen LogP contribution >= 0.6 is 0 Å². The summed E-state index contributed by atoms with van der Waals surface area (Å²) in [5.74, 6) is 0.636. The number of unbranched alkanes of at least 4 members (excludes halogenated alkanes) is 2. The molecule has 0 aromatic heterocycles. The van der Waals surface area contributed by atoms with Crippen molar-refractivity contribution in [3.8, 4) is 0 Å². The maximum absolute atomic E-state index is 3.70. The van der Waals surface area contributed by atoms with Crippen LogP contribution in [0.25, 0.3) is 0 Å². The van der Waals surface area contributed by atoms with Gasteiger partial charge in [0, 0.05) is 0 Å². The van der Waals surface area contributed by atoms with Crippen molar-refractivity contribution in [2.24, 2.45) is 5.92 Å². The Balaban J connectivity index is -0.000000750. The zero-order chi connectivity index (χ0) is 11.3. The molecule has 0 N–H and O–H groups in total. The topological polar surface area (TPSA) is 0 Å². The summed E-state index contributed by atoms with van der Waals surface area (Å²) in [5.41, 5.74) is 4.62. The molecule has 1 radical (unpaired) electrons. The van der Waals surface area contributed by atoms with Gasteiger partial charge in [-0.15, -0.1) is 6.92 Å². The summed E-state index contributed by atoms with van der Waals surface area (Å²) < 4.78 is 0. The molecule has 1 aliphatic carbocycles. The molecule has 0 nitrogen and oxygen atoms in total. The average molecular weight is 367 g/mol. The third kappa shape index (κ3) is 6.92. The van der Waals surface area contributed by atoms with Crippen molar-refractivity contribution < 1.29 is 51.0 Å². The summed E-state index contributed by atoms with van der Waals surface area (Å²) >= 11 is 0. The summed E-state index contributed by atoms with van der Waals surface area (Å²) in [6.07, 6.45) is 11.5. The van der Waals surface area contributed by atoms with Gasteiger partial charge in [-0.25, -0.2) is 5.57 Å². The van der Waals surface area contributed by atoms with Gasteiger partial charge in [-0.1, -0.05) is 65.2 Å². The van der Waals surface area contributed by atoms with E-state index in [9.17, 15) is 0 Å². The summed E-state index contributed by atoms with van der Waals surface area (Å²) in [4.78, 5) is 0. The van der Waals surface area contributed by atoms with Crippen LogP contribution in [0.1, 0.15) is 66.2 Å². The van der Waals surface area contributed by atoms with Crippen LogP contribution < -0.4 is 24.8 Å². The molecule has 0 aromatic rings. The predicted molar refractivity (Wildman–Crippen MR) is 67.7 cm³/mol. The smallest absolute Gasteiger partial charge is 1.00 e. The molecule has 3 heteroatoms. The fourth-order valence-corrected chi connectivity index (χ4v) is 2.24. The second kappa shape index (κ2) is 13.0. The first-order valence-electron chi connectivity index (χ1n) is 6.50. The van der Waals surface area contributed by atoms with Crippen LogP contribution in [0.4, 0.5) is 0 Å². The Morgan fingerprint density at radius 2 is 1.56 bits per heavy atom. The molecule has 0 aliphatic heterocycles. The molecule has 0 bridgehead atoms. The van der Waals surface area contributed by atoms with Gasteiger partial charge in [-0.3, -0.25) is 6.08 Å². The predicted octanol–water partition coefficient (Wildman–Crippen LogP) is -0.932. The minimum atomic E-state index is 0. The quantitative estimate of drug-likeness (QED) is 0.532. The molecule has 103 valence electrons. The Labute approximate surface area is 145 Å². The Hall–Kier alpha value is 0.943. The van der Waals surface area contributed by atoms with E-state index in [-0.39, 0.29) is 51.0 Å². The van der Waals surface area contributed by atoms with Crippen molar-refractivity contribution in [3.05, 3.63) is 22.8 Å². The van der Waals surface area contributed by atoms with E-state index in [4.69, 9.17) is 0 Å². The Morgan fingerprint density at radius 3 is 2.06 bits per heavy atom. The van der Waals surface area contributed by atoms with E-state index < -0.39 is 0 Å². The van der Waals surface area contributed by atoms with Crippen molar-refractivity contribution >= 4 is 0 Å². The Kier molecular flexibility index (Phi) is 17.3. The third-order valence-corrected chi connectivity index (χ3v) is 3.54. The van der Waals surface area contributed by atoms with Crippen molar-refractivity contribution in [1.29, 1.82) is 0 Å². The van der Waals surface area contributed by atoms with E-state index in [0.717, 1.165) is 0 Å². The van der Waals surface area contributed by atoms with Crippen molar-refractivity contribution in [3.63, 3.8) is 0 Å². The van der Waals surface area contributed by atoms with Gasteiger partial charge in [-0.05, 0) is 0 Å². The summed E-state index contributed by atoms with van der Waals surface area (Å²) in [6, 6.07) is 0. The minimum Gasteiger partial charge on any atom is -1.00 e. The second-order valence-electron chi connectivity index (χ2n) is 4.73. The molecule has 1 atom stereocenters. The normalized spacial score (nSPS) is 17.6. The van der Waals surface area contributed by atoms with Crippen molar-refractivity contribution in [1.82, 2.24) is 0 Å². The number of rotatable bonds is 6. The van der Waals surface area contributed by atoms with Crippen LogP contribution in [0.15, 0.2) is 16.7 Å². The molecule has 0 saturated carbocycles. The van der Waals surface area contributed by atoms with Crippen LogP contribution in [0, 0.1) is 12.0 Å². The van der Waals surface area contributed by atoms with Crippen LogP contribution in [-0.2, 0) is 26.2 Å². The zero-order valence-electron chi connectivity index (χ0n) is 12.1. The first-order valence-corrected chi connectivity index (χ1v) is 6.50. The van der Waals surface area contributed by atoms with Gasteiger partial charge < -0.3 is 24.8 Å². The molecule has 1 rings (SSSR count). The standard InChI is InChI=1S/C15H25.2ClH.Zr/c1-5-7-9-14-11-15(10-8-6-2)13(4)12(14)3;;;/h14H,5-10H2,1-4H3;2*1H;/q-1;;;+3/p-2. The maximum atomic E-state index is 3.70. The Bertz CT molecular complexity index is 270. The summed E-state index contributed by atoms with van der Waals surface area (Å²) in [5, 5.41) is 0. The number of hydrogen-bond donors (Lipinski definition) is 0. The van der Waals surface area contributed by atoms with E-state index in [1.807, 2.05) is 0 Å². The van der Waals surface area contributed by atoms with Crippen LogP contribution in [0.3, 0.4) is 0 Å². The van der Waals surface area contributed by atoms with Gasteiger partial charge in [0.15, 0.2) is 0 Å². The van der Waals surface area contributed by atoms with Crippen LogP contribution in [0.2, 0.25) is 0 Å². The first kappa shape index (κ1) is 24.0. The molecule has 1 unspecified atom stereocenters. The van der Waals surface area contributed by atoms with E-state index >= 15 is 0 Å². The largest absolute Gasteiger partial charge is 3.00 e. The minimum absolute atomic E-state index is 0. The molecular weight excluding hydrogens is 342 g/mol. The van der Waals surface area contributed by atoms with Crippen molar-refractivity contribution in [2.45, 2.75) is 66.2 Å². The number of halogens is 2. The van der Waals surface area contributed by atoms with E-state index in [0.29, 0.717) is 5.92 Å². The average Bonchev–Trinajstić information content (AvgIpc) is 2.51. The van der Waals surface area contributed by atoms with Gasteiger partial charge >= 0.3 is 26.2 Å². The molecule has 0 fully saturated rings. The zero-order valence-corrected chi connectivity index (χ0v) is 16.0. The fourth-order valence-electron chi connectivity index (χ4n) is 2.24. The van der Waals surface area contributed by atoms with E-state index in [1.165, 1.54) is 49.7 Å². The fraction of sp³-hybridized carbons (Fsp3) is 0.733. The van der Waals surface area contributed by atoms with Crippen molar-refractivity contribution in [2.75, 3.05) is 0 Å². The third-order valence-electron chi connectivity index (χ3n) is 3.54. The molecule has 18 heavy (non-hydrogen) atoms. The molecule has 0 heterocycles. The van der Waals surface area contributed by atoms with Gasteiger partial charge in [0.05, 0.1) is 0 Å². The SMILES string of the molecule is CCCCC1=[C-]C(CCCC)C(C)=C1C.[Cl-].[Cl-].[Zr+3]. The molecule has 0 aromatic carbocycles. The second-order valence-corrected chi connectivity index (χ2v) is 4.73. The van der Waals surface area contributed by atoms with Gasteiger partial charge in [-0.2, -0.15) is 11.1 Å². The van der Waals surface area contributed by atoms with Crippen LogP contribution in [-0.4, -0.2) is 0 Å². The van der Waals surface area contributed by atoms with Gasteiger partial charge in [0.2, 0.25) is 0 Å². The van der Waals surface area contributed by atoms with E-state index in [1.54, 1.807) is 5.57 Å². The maximum Gasteiger partial charge on any atom is 3.00 e. The molecule has 0 saturated heterocycles.